The molecule has 0 bridgehead atoms. The zero-order valence-corrected chi connectivity index (χ0v) is 19.2. The SMILES string of the molecule is Cc1nc2ccc(F)cc2nc1-c1cc2nc(N3CCCC3)cc(N[C@H]3CC[C@@H](O)CC3)n2n1. The van der Waals surface area contributed by atoms with Crippen molar-refractivity contribution in [1.82, 2.24) is 24.6 Å². The van der Waals surface area contributed by atoms with Gasteiger partial charge in [0.2, 0.25) is 0 Å². The Bertz CT molecular complexity index is 1360. The Hall–Kier alpha value is -3.33. The van der Waals surface area contributed by atoms with Gasteiger partial charge in [-0.15, -0.1) is 0 Å². The van der Waals surface area contributed by atoms with E-state index >= 15 is 0 Å². The Morgan fingerprint density at radius 3 is 2.56 bits per heavy atom. The monoisotopic (exact) mass is 461 g/mol. The van der Waals surface area contributed by atoms with Crippen LogP contribution in [0.15, 0.2) is 30.3 Å². The lowest BCUT2D eigenvalue weighted by Gasteiger charge is -2.27. The highest BCUT2D eigenvalue weighted by atomic mass is 19.1. The molecule has 1 aliphatic heterocycles. The molecule has 0 radical (unpaired) electrons. The van der Waals surface area contributed by atoms with Crippen LogP contribution in [0.25, 0.3) is 28.1 Å². The highest BCUT2D eigenvalue weighted by Crippen LogP contribution is 2.29. The van der Waals surface area contributed by atoms with Crippen LogP contribution in [0.1, 0.15) is 44.2 Å². The van der Waals surface area contributed by atoms with Crippen LogP contribution in [0.4, 0.5) is 16.0 Å². The molecule has 176 valence electrons. The third-order valence-electron chi connectivity index (χ3n) is 6.94. The van der Waals surface area contributed by atoms with Crippen molar-refractivity contribution in [2.24, 2.45) is 0 Å². The Balaban J connectivity index is 1.44. The summed E-state index contributed by atoms with van der Waals surface area (Å²) < 4.78 is 15.6. The van der Waals surface area contributed by atoms with E-state index in [1.54, 1.807) is 6.07 Å². The number of anilines is 2. The van der Waals surface area contributed by atoms with Crippen molar-refractivity contribution >= 4 is 28.3 Å². The van der Waals surface area contributed by atoms with Crippen LogP contribution in [0.3, 0.4) is 0 Å². The van der Waals surface area contributed by atoms with Crippen LogP contribution >= 0.6 is 0 Å². The van der Waals surface area contributed by atoms with Crippen molar-refractivity contribution in [3.63, 3.8) is 0 Å². The fourth-order valence-electron chi connectivity index (χ4n) is 5.08. The number of hydrogen-bond acceptors (Lipinski definition) is 7. The highest BCUT2D eigenvalue weighted by molar-refractivity contribution is 5.78. The van der Waals surface area contributed by atoms with Crippen LogP contribution in [-0.2, 0) is 0 Å². The smallest absolute Gasteiger partial charge is 0.160 e. The summed E-state index contributed by atoms with van der Waals surface area (Å²) in [7, 11) is 0. The number of nitrogens with zero attached hydrogens (tertiary/aromatic N) is 6. The second kappa shape index (κ2) is 8.47. The van der Waals surface area contributed by atoms with Crippen LogP contribution in [0.2, 0.25) is 0 Å². The predicted octanol–water partition coefficient (Wildman–Crippen LogP) is 4.10. The molecule has 0 spiro atoms. The van der Waals surface area contributed by atoms with Crippen molar-refractivity contribution in [2.45, 2.75) is 57.6 Å². The van der Waals surface area contributed by atoms with Crippen molar-refractivity contribution in [1.29, 1.82) is 0 Å². The van der Waals surface area contributed by atoms with Crippen molar-refractivity contribution < 1.29 is 9.50 Å². The molecule has 9 heteroatoms. The predicted molar refractivity (Wildman–Crippen MR) is 130 cm³/mol. The number of aliphatic hydroxyl groups excluding tert-OH is 1. The molecule has 2 aliphatic rings. The molecular weight excluding hydrogens is 433 g/mol. The highest BCUT2D eigenvalue weighted by Gasteiger charge is 2.23. The average Bonchev–Trinajstić information content (AvgIpc) is 3.50. The van der Waals surface area contributed by atoms with Crippen molar-refractivity contribution in [3.05, 3.63) is 41.8 Å². The first kappa shape index (κ1) is 21.2. The molecular formula is C25H28FN7O. The molecule has 1 saturated carbocycles. The van der Waals surface area contributed by atoms with Gasteiger partial charge in [-0.2, -0.15) is 9.61 Å². The van der Waals surface area contributed by atoms with Gasteiger partial charge in [-0.1, -0.05) is 0 Å². The summed E-state index contributed by atoms with van der Waals surface area (Å²) >= 11 is 0. The van der Waals surface area contributed by atoms with Gasteiger partial charge in [-0.3, -0.25) is 0 Å². The van der Waals surface area contributed by atoms with Crippen molar-refractivity contribution in [2.75, 3.05) is 23.3 Å². The maximum Gasteiger partial charge on any atom is 0.160 e. The number of nitrogens with one attached hydrogen (secondary N) is 1. The molecule has 1 saturated heterocycles. The number of aromatic nitrogens is 5. The van der Waals surface area contributed by atoms with E-state index in [4.69, 9.17) is 10.1 Å². The fraction of sp³-hybridized carbons (Fsp3) is 0.440. The van der Waals surface area contributed by atoms with Crippen molar-refractivity contribution in [3.8, 4) is 11.4 Å². The number of rotatable bonds is 4. The Morgan fingerprint density at radius 2 is 1.76 bits per heavy atom. The number of aliphatic hydroxyl groups is 1. The zero-order valence-electron chi connectivity index (χ0n) is 19.2. The number of halogens is 1. The van der Waals surface area contributed by atoms with Gasteiger partial charge in [0.15, 0.2) is 5.65 Å². The number of benzene rings is 1. The van der Waals surface area contributed by atoms with Gasteiger partial charge in [0.25, 0.3) is 0 Å². The second-order valence-corrected chi connectivity index (χ2v) is 9.43. The van der Waals surface area contributed by atoms with Gasteiger partial charge in [0.05, 0.1) is 22.8 Å². The lowest BCUT2D eigenvalue weighted by Crippen LogP contribution is -2.29. The quantitative estimate of drug-likeness (QED) is 0.473. The third-order valence-corrected chi connectivity index (χ3v) is 6.94. The molecule has 0 atom stereocenters. The van der Waals surface area contributed by atoms with E-state index in [0.29, 0.717) is 22.4 Å². The molecule has 3 aromatic heterocycles. The van der Waals surface area contributed by atoms with E-state index in [9.17, 15) is 9.50 Å². The van der Waals surface area contributed by atoms with Gasteiger partial charge in [0, 0.05) is 37.3 Å². The normalized spacial score (nSPS) is 21.0. The van der Waals surface area contributed by atoms with Crippen LogP contribution in [0, 0.1) is 12.7 Å². The van der Waals surface area contributed by atoms with E-state index < -0.39 is 0 Å². The zero-order chi connectivity index (χ0) is 23.2. The van der Waals surface area contributed by atoms with Gasteiger partial charge >= 0.3 is 0 Å². The number of aryl methyl sites for hydroxylation is 1. The molecule has 2 N–H and O–H groups in total. The molecule has 4 aromatic rings. The van der Waals surface area contributed by atoms with E-state index in [0.717, 1.165) is 61.7 Å². The summed E-state index contributed by atoms with van der Waals surface area (Å²) in [6.07, 6.45) is 5.57. The lowest BCUT2D eigenvalue weighted by molar-refractivity contribution is 0.126. The van der Waals surface area contributed by atoms with E-state index in [2.05, 4.69) is 26.3 Å². The summed E-state index contributed by atoms with van der Waals surface area (Å²) in [5.74, 6) is 1.49. The molecule has 4 heterocycles. The maximum absolute atomic E-state index is 13.8. The molecule has 6 rings (SSSR count). The van der Waals surface area contributed by atoms with Gasteiger partial charge in [0.1, 0.15) is 28.8 Å². The van der Waals surface area contributed by atoms with Crippen LogP contribution in [0.5, 0.6) is 0 Å². The molecule has 8 nitrogen and oxygen atoms in total. The van der Waals surface area contributed by atoms with E-state index in [1.165, 1.54) is 25.0 Å². The molecule has 1 aliphatic carbocycles. The summed E-state index contributed by atoms with van der Waals surface area (Å²) in [5, 5.41) is 18.4. The van der Waals surface area contributed by atoms with Crippen LogP contribution < -0.4 is 10.2 Å². The van der Waals surface area contributed by atoms with E-state index in [-0.39, 0.29) is 18.0 Å². The molecule has 34 heavy (non-hydrogen) atoms. The molecule has 0 unspecified atom stereocenters. The van der Waals surface area contributed by atoms with Gasteiger partial charge < -0.3 is 15.3 Å². The second-order valence-electron chi connectivity index (χ2n) is 9.43. The average molecular weight is 462 g/mol. The first-order chi connectivity index (χ1) is 16.5. The lowest BCUT2D eigenvalue weighted by atomic mass is 9.93. The minimum Gasteiger partial charge on any atom is -0.393 e. The molecule has 1 aromatic carbocycles. The first-order valence-corrected chi connectivity index (χ1v) is 12.1. The number of fused-ring (bicyclic) bond motifs is 2. The Kier molecular flexibility index (Phi) is 5.28. The van der Waals surface area contributed by atoms with Gasteiger partial charge in [-0.25, -0.2) is 19.3 Å². The summed E-state index contributed by atoms with van der Waals surface area (Å²) in [5.41, 5.74) is 3.91. The summed E-state index contributed by atoms with van der Waals surface area (Å²) in [6.45, 7) is 3.89. The third kappa shape index (κ3) is 3.94. The molecule has 2 fully saturated rings. The van der Waals surface area contributed by atoms with Gasteiger partial charge in [-0.05, 0) is 57.6 Å². The largest absolute Gasteiger partial charge is 0.393 e. The standard InChI is InChI=1S/C25H28FN7O/c1-15-25(29-20-12-16(26)4-9-19(20)27-15)21-13-23-30-22(32-10-2-3-11-32)14-24(33(23)31-21)28-17-5-7-18(34)8-6-17/h4,9,12-14,17-18,28,34H,2-3,5-8,10-11H2,1H3/t17-,18+. The molecule has 0 amide bonds. The topological polar surface area (TPSA) is 91.5 Å². The summed E-state index contributed by atoms with van der Waals surface area (Å²) in [6, 6.07) is 8.72. The van der Waals surface area contributed by atoms with E-state index in [1.807, 2.05) is 17.5 Å². The minimum atomic E-state index is -0.340. The fourth-order valence-corrected chi connectivity index (χ4v) is 5.08. The number of hydrogen-bond donors (Lipinski definition) is 2. The first-order valence-electron chi connectivity index (χ1n) is 12.1. The maximum atomic E-state index is 13.8. The Morgan fingerprint density at radius 1 is 0.971 bits per heavy atom. The minimum absolute atomic E-state index is 0.203. The Labute approximate surface area is 196 Å². The van der Waals surface area contributed by atoms with Crippen LogP contribution in [-0.4, -0.2) is 54.9 Å². The summed E-state index contributed by atoms with van der Waals surface area (Å²) in [4.78, 5) is 16.5.